The van der Waals surface area contributed by atoms with Gasteiger partial charge >= 0.3 is 0 Å². The molecular weight excluding hydrogens is 313 g/mol. The molecule has 110 valence electrons. The lowest BCUT2D eigenvalue weighted by Crippen LogP contribution is -2.23. The summed E-state index contributed by atoms with van der Waals surface area (Å²) in [6.07, 6.45) is 2.82. The summed E-state index contributed by atoms with van der Waals surface area (Å²) in [6.45, 7) is 7.20. The maximum Gasteiger partial charge on any atom is 0.0992 e. The molecule has 0 saturated heterocycles. The van der Waals surface area contributed by atoms with Crippen molar-refractivity contribution in [2.45, 2.75) is 39.3 Å². The standard InChI is InChI=1S/C14H19Cl2N3S/c1-4-17-12(11-8-13(15)20-14(11)16)7-10-5-6-19(18-10)9(2)3/h5-6,8-9,12,17H,4,7H2,1-3H3. The zero-order chi connectivity index (χ0) is 14.7. The number of hydrogen-bond acceptors (Lipinski definition) is 3. The van der Waals surface area contributed by atoms with Crippen molar-refractivity contribution in [3.63, 3.8) is 0 Å². The fourth-order valence-electron chi connectivity index (χ4n) is 2.11. The van der Waals surface area contributed by atoms with Crippen LogP contribution in [0.1, 0.15) is 44.1 Å². The molecule has 2 rings (SSSR count). The fourth-order valence-corrected chi connectivity index (χ4v) is 3.69. The Balaban J connectivity index is 2.18. The Labute approximate surface area is 133 Å². The zero-order valence-electron chi connectivity index (χ0n) is 11.9. The van der Waals surface area contributed by atoms with Crippen molar-refractivity contribution >= 4 is 34.5 Å². The second-order valence-corrected chi connectivity index (χ2v) is 7.26. The molecule has 0 aliphatic heterocycles. The van der Waals surface area contributed by atoms with E-state index in [-0.39, 0.29) is 6.04 Å². The Morgan fingerprint density at radius 2 is 2.15 bits per heavy atom. The maximum atomic E-state index is 6.27. The van der Waals surface area contributed by atoms with E-state index in [1.165, 1.54) is 11.3 Å². The number of likely N-dealkylation sites (N-methyl/N-ethyl adjacent to an activating group) is 1. The molecule has 2 aromatic heterocycles. The summed E-state index contributed by atoms with van der Waals surface area (Å²) in [4.78, 5) is 0. The highest BCUT2D eigenvalue weighted by atomic mass is 35.5. The Morgan fingerprint density at radius 1 is 1.40 bits per heavy atom. The number of nitrogens with zero attached hydrogens (tertiary/aromatic N) is 2. The molecule has 0 aliphatic carbocycles. The van der Waals surface area contributed by atoms with Crippen LogP contribution in [0.25, 0.3) is 0 Å². The van der Waals surface area contributed by atoms with Crippen LogP contribution < -0.4 is 5.32 Å². The first kappa shape index (κ1) is 15.8. The van der Waals surface area contributed by atoms with Crippen LogP contribution in [0.2, 0.25) is 8.67 Å². The van der Waals surface area contributed by atoms with Gasteiger partial charge in [-0.2, -0.15) is 5.10 Å². The number of nitrogens with one attached hydrogen (secondary N) is 1. The lowest BCUT2D eigenvalue weighted by atomic mass is 10.1. The molecule has 0 bridgehead atoms. The minimum atomic E-state index is 0.145. The van der Waals surface area contributed by atoms with Gasteiger partial charge in [-0.05, 0) is 32.5 Å². The average Bonchev–Trinajstić information content (AvgIpc) is 2.95. The van der Waals surface area contributed by atoms with Gasteiger partial charge in [0, 0.05) is 30.3 Å². The number of rotatable bonds is 6. The Morgan fingerprint density at radius 3 is 2.65 bits per heavy atom. The van der Waals surface area contributed by atoms with Crippen molar-refractivity contribution in [1.29, 1.82) is 0 Å². The van der Waals surface area contributed by atoms with Crippen LogP contribution in [-0.2, 0) is 6.42 Å². The number of halogens is 2. The quantitative estimate of drug-likeness (QED) is 0.829. The normalized spacial score (nSPS) is 13.1. The average molecular weight is 332 g/mol. The molecule has 1 atom stereocenters. The van der Waals surface area contributed by atoms with E-state index in [9.17, 15) is 0 Å². The second-order valence-electron chi connectivity index (χ2n) is 4.97. The van der Waals surface area contributed by atoms with Gasteiger partial charge in [0.2, 0.25) is 0 Å². The van der Waals surface area contributed by atoms with Crippen molar-refractivity contribution in [2.75, 3.05) is 6.54 Å². The molecule has 0 spiro atoms. The van der Waals surface area contributed by atoms with E-state index in [0.717, 1.165) is 32.9 Å². The van der Waals surface area contributed by atoms with Crippen LogP contribution in [0.4, 0.5) is 0 Å². The van der Waals surface area contributed by atoms with Crippen LogP contribution in [0, 0.1) is 0 Å². The fraction of sp³-hybridized carbons (Fsp3) is 0.500. The monoisotopic (exact) mass is 331 g/mol. The summed E-state index contributed by atoms with van der Waals surface area (Å²) in [7, 11) is 0. The minimum absolute atomic E-state index is 0.145. The van der Waals surface area contributed by atoms with Crippen LogP contribution in [0.15, 0.2) is 18.3 Å². The molecule has 2 heterocycles. The molecule has 0 amide bonds. The summed E-state index contributed by atoms with van der Waals surface area (Å²) >= 11 is 13.7. The predicted molar refractivity (Wildman–Crippen MR) is 87.1 cm³/mol. The Bertz CT molecular complexity index is 563. The molecule has 0 fully saturated rings. The van der Waals surface area contributed by atoms with E-state index in [0.29, 0.717) is 6.04 Å². The molecule has 2 aromatic rings. The number of thiophene rings is 1. The summed E-state index contributed by atoms with van der Waals surface area (Å²) in [5, 5.41) is 8.05. The van der Waals surface area contributed by atoms with Gasteiger partial charge in [0.05, 0.1) is 14.4 Å². The van der Waals surface area contributed by atoms with Crippen molar-refractivity contribution in [1.82, 2.24) is 15.1 Å². The second kappa shape index (κ2) is 6.94. The van der Waals surface area contributed by atoms with Gasteiger partial charge in [0.25, 0.3) is 0 Å². The van der Waals surface area contributed by atoms with Crippen LogP contribution in [0.5, 0.6) is 0 Å². The van der Waals surface area contributed by atoms with Crippen LogP contribution >= 0.6 is 34.5 Å². The zero-order valence-corrected chi connectivity index (χ0v) is 14.2. The lowest BCUT2D eigenvalue weighted by Gasteiger charge is -2.16. The van der Waals surface area contributed by atoms with E-state index in [1.807, 2.05) is 16.9 Å². The molecule has 0 aliphatic rings. The summed E-state index contributed by atoms with van der Waals surface area (Å²) in [6, 6.07) is 4.53. The van der Waals surface area contributed by atoms with E-state index < -0.39 is 0 Å². The van der Waals surface area contributed by atoms with Gasteiger partial charge in [-0.25, -0.2) is 0 Å². The van der Waals surface area contributed by atoms with E-state index >= 15 is 0 Å². The van der Waals surface area contributed by atoms with Gasteiger partial charge in [0.1, 0.15) is 0 Å². The third-order valence-electron chi connectivity index (χ3n) is 3.11. The van der Waals surface area contributed by atoms with Crippen LogP contribution in [-0.4, -0.2) is 16.3 Å². The van der Waals surface area contributed by atoms with Gasteiger partial charge in [-0.15, -0.1) is 11.3 Å². The predicted octanol–water partition coefficient (Wildman–Crippen LogP) is 4.73. The molecule has 0 radical (unpaired) electrons. The highest BCUT2D eigenvalue weighted by Gasteiger charge is 2.18. The van der Waals surface area contributed by atoms with E-state index in [4.69, 9.17) is 23.2 Å². The molecule has 1 unspecified atom stereocenters. The minimum Gasteiger partial charge on any atom is -0.310 e. The molecule has 6 heteroatoms. The first-order chi connectivity index (χ1) is 9.51. The topological polar surface area (TPSA) is 29.9 Å². The van der Waals surface area contributed by atoms with Crippen molar-refractivity contribution in [3.05, 3.63) is 38.3 Å². The van der Waals surface area contributed by atoms with Gasteiger partial charge < -0.3 is 5.32 Å². The highest BCUT2D eigenvalue weighted by molar-refractivity contribution is 7.20. The highest BCUT2D eigenvalue weighted by Crippen LogP contribution is 2.36. The Hall–Kier alpha value is -0.550. The van der Waals surface area contributed by atoms with Crippen molar-refractivity contribution < 1.29 is 0 Å². The van der Waals surface area contributed by atoms with Crippen LogP contribution in [0.3, 0.4) is 0 Å². The maximum absolute atomic E-state index is 6.27. The summed E-state index contributed by atoms with van der Waals surface area (Å²) in [5.74, 6) is 0. The molecule has 1 N–H and O–H groups in total. The smallest absolute Gasteiger partial charge is 0.0992 e. The molecule has 3 nitrogen and oxygen atoms in total. The molecule has 0 aromatic carbocycles. The third kappa shape index (κ3) is 3.76. The van der Waals surface area contributed by atoms with Gasteiger partial charge in [-0.3, -0.25) is 4.68 Å². The van der Waals surface area contributed by atoms with E-state index in [1.54, 1.807) is 0 Å². The summed E-state index contributed by atoms with van der Waals surface area (Å²) < 4.78 is 3.45. The van der Waals surface area contributed by atoms with Gasteiger partial charge in [0.15, 0.2) is 0 Å². The summed E-state index contributed by atoms with van der Waals surface area (Å²) in [5.41, 5.74) is 2.12. The van der Waals surface area contributed by atoms with Gasteiger partial charge in [-0.1, -0.05) is 30.1 Å². The third-order valence-corrected chi connectivity index (χ3v) is 4.63. The first-order valence-electron chi connectivity index (χ1n) is 6.73. The largest absolute Gasteiger partial charge is 0.310 e. The number of aromatic nitrogens is 2. The Kier molecular flexibility index (Phi) is 5.49. The van der Waals surface area contributed by atoms with Crippen molar-refractivity contribution in [3.8, 4) is 0 Å². The first-order valence-corrected chi connectivity index (χ1v) is 8.30. The molecular formula is C14H19Cl2N3S. The van der Waals surface area contributed by atoms with Crippen molar-refractivity contribution in [2.24, 2.45) is 0 Å². The molecule has 0 saturated carbocycles. The SMILES string of the molecule is CCNC(Cc1ccn(C(C)C)n1)c1cc(Cl)sc1Cl. The van der Waals surface area contributed by atoms with E-state index in [2.05, 4.69) is 37.3 Å². The lowest BCUT2D eigenvalue weighted by molar-refractivity contribution is 0.507. The number of hydrogen-bond donors (Lipinski definition) is 1. The molecule has 20 heavy (non-hydrogen) atoms.